The lowest BCUT2D eigenvalue weighted by Crippen LogP contribution is -2.07. The number of nitrogens with zero attached hydrogens (tertiary/aromatic N) is 2. The summed E-state index contributed by atoms with van der Waals surface area (Å²) in [6, 6.07) is 3.81. The van der Waals surface area contributed by atoms with Crippen LogP contribution in [0.25, 0.3) is 0 Å². The van der Waals surface area contributed by atoms with Gasteiger partial charge in [-0.1, -0.05) is 23.1 Å². The summed E-state index contributed by atoms with van der Waals surface area (Å²) in [4.78, 5) is 0. The van der Waals surface area contributed by atoms with Crippen molar-refractivity contribution >= 4 is 28.2 Å². The molecule has 0 amide bonds. The van der Waals surface area contributed by atoms with E-state index in [9.17, 15) is 0 Å². The van der Waals surface area contributed by atoms with Gasteiger partial charge in [0, 0.05) is 12.4 Å². The van der Waals surface area contributed by atoms with Gasteiger partial charge in [-0.05, 0) is 25.0 Å². The molecule has 0 saturated carbocycles. The van der Waals surface area contributed by atoms with Crippen molar-refractivity contribution in [2.75, 3.05) is 17.7 Å². The molecule has 0 aliphatic carbocycles. The molecule has 102 valence electrons. The van der Waals surface area contributed by atoms with Gasteiger partial charge in [-0.3, -0.25) is 0 Å². The Hall–Kier alpha value is -1.05. The lowest BCUT2D eigenvalue weighted by Gasteiger charge is -2.05. The summed E-state index contributed by atoms with van der Waals surface area (Å²) < 4.78 is 11.8. The molecule has 7 heteroatoms. The molecule has 0 spiro atoms. The zero-order chi connectivity index (χ0) is 12.9. The second kappa shape index (κ2) is 6.40. The predicted molar refractivity (Wildman–Crippen MR) is 75.6 cm³/mol. The molecule has 1 aliphatic rings. The number of nitrogens with one attached hydrogen (secondary N) is 1. The van der Waals surface area contributed by atoms with Gasteiger partial charge in [0.2, 0.25) is 5.13 Å². The number of anilines is 1. The topological polar surface area (TPSA) is 60.2 Å². The molecular weight excluding hydrogens is 282 g/mol. The summed E-state index contributed by atoms with van der Waals surface area (Å²) in [5.41, 5.74) is 0. The van der Waals surface area contributed by atoms with Crippen molar-refractivity contribution in [2.45, 2.75) is 29.8 Å². The maximum Gasteiger partial charge on any atom is 0.206 e. The van der Waals surface area contributed by atoms with Crippen LogP contribution in [0.2, 0.25) is 0 Å². The van der Waals surface area contributed by atoms with E-state index in [-0.39, 0.29) is 0 Å². The molecule has 3 rings (SSSR count). The van der Waals surface area contributed by atoms with Crippen molar-refractivity contribution < 1.29 is 9.15 Å². The van der Waals surface area contributed by atoms with E-state index in [4.69, 9.17) is 9.15 Å². The number of furan rings is 1. The van der Waals surface area contributed by atoms with Gasteiger partial charge >= 0.3 is 0 Å². The van der Waals surface area contributed by atoms with E-state index < -0.39 is 0 Å². The molecule has 1 fully saturated rings. The van der Waals surface area contributed by atoms with E-state index >= 15 is 0 Å². The molecule has 0 bridgehead atoms. The first kappa shape index (κ1) is 13.0. The Labute approximate surface area is 119 Å². The Balaban J connectivity index is 1.45. The highest BCUT2D eigenvalue weighted by Crippen LogP contribution is 2.28. The average Bonchev–Trinajstić information content (AvgIpc) is 3.16. The summed E-state index contributed by atoms with van der Waals surface area (Å²) in [6.07, 6.45) is 4.39. The highest BCUT2D eigenvalue weighted by molar-refractivity contribution is 8.01. The van der Waals surface area contributed by atoms with Gasteiger partial charge in [-0.15, -0.1) is 10.2 Å². The second-order valence-electron chi connectivity index (χ2n) is 4.25. The van der Waals surface area contributed by atoms with E-state index in [0.29, 0.717) is 12.6 Å². The highest BCUT2D eigenvalue weighted by atomic mass is 32.2. The minimum Gasteiger partial charge on any atom is -0.467 e. The molecule has 2 aromatic heterocycles. The Kier molecular flexibility index (Phi) is 4.37. The Morgan fingerprint density at radius 1 is 1.47 bits per heavy atom. The number of hydrogen-bond donors (Lipinski definition) is 1. The summed E-state index contributed by atoms with van der Waals surface area (Å²) in [6.45, 7) is 1.54. The summed E-state index contributed by atoms with van der Waals surface area (Å²) in [7, 11) is 0. The molecule has 1 saturated heterocycles. The minimum atomic E-state index is 0.383. The summed E-state index contributed by atoms with van der Waals surface area (Å²) in [5, 5.41) is 12.3. The lowest BCUT2D eigenvalue weighted by atomic mass is 10.3. The molecular formula is C12H15N3O2S2. The third-order valence-electron chi connectivity index (χ3n) is 2.82. The molecule has 5 nitrogen and oxygen atoms in total. The van der Waals surface area contributed by atoms with Crippen molar-refractivity contribution in [2.24, 2.45) is 0 Å². The number of ether oxygens (including phenoxy) is 1. The van der Waals surface area contributed by atoms with Crippen LogP contribution >= 0.6 is 23.1 Å². The molecule has 1 N–H and O–H groups in total. The average molecular weight is 297 g/mol. The quantitative estimate of drug-likeness (QED) is 0.827. The maximum atomic E-state index is 5.59. The number of hydrogen-bond acceptors (Lipinski definition) is 7. The van der Waals surface area contributed by atoms with Crippen molar-refractivity contribution in [3.05, 3.63) is 24.2 Å². The van der Waals surface area contributed by atoms with Crippen LogP contribution in [-0.2, 0) is 11.3 Å². The SMILES string of the molecule is c1coc(CNc2nnc(SCC3CCCO3)s2)c1. The van der Waals surface area contributed by atoms with Gasteiger partial charge < -0.3 is 14.5 Å². The zero-order valence-electron chi connectivity index (χ0n) is 10.4. The van der Waals surface area contributed by atoms with Crippen molar-refractivity contribution in [1.82, 2.24) is 10.2 Å². The molecule has 0 aromatic carbocycles. The summed E-state index contributed by atoms with van der Waals surface area (Å²) in [5.74, 6) is 1.86. The molecule has 1 unspecified atom stereocenters. The number of thioether (sulfide) groups is 1. The van der Waals surface area contributed by atoms with E-state index in [1.54, 1.807) is 29.4 Å². The van der Waals surface area contributed by atoms with E-state index in [1.165, 1.54) is 6.42 Å². The van der Waals surface area contributed by atoms with Crippen LogP contribution in [0.5, 0.6) is 0 Å². The van der Waals surface area contributed by atoms with Crippen LogP contribution in [0.4, 0.5) is 5.13 Å². The fraction of sp³-hybridized carbons (Fsp3) is 0.500. The molecule has 1 aliphatic heterocycles. The predicted octanol–water partition coefficient (Wildman–Crippen LogP) is 3.01. The van der Waals surface area contributed by atoms with E-state index in [0.717, 1.165) is 34.0 Å². The van der Waals surface area contributed by atoms with Crippen molar-refractivity contribution in [3.8, 4) is 0 Å². The van der Waals surface area contributed by atoms with Crippen LogP contribution in [0.1, 0.15) is 18.6 Å². The normalized spacial score (nSPS) is 18.8. The monoisotopic (exact) mass is 297 g/mol. The summed E-state index contributed by atoms with van der Waals surface area (Å²) >= 11 is 3.29. The maximum absolute atomic E-state index is 5.59. The third-order valence-corrected chi connectivity index (χ3v) is 4.96. The lowest BCUT2D eigenvalue weighted by molar-refractivity contribution is 0.129. The first-order valence-corrected chi connectivity index (χ1v) is 8.04. The van der Waals surface area contributed by atoms with Crippen LogP contribution in [0, 0.1) is 0 Å². The van der Waals surface area contributed by atoms with E-state index in [1.807, 2.05) is 12.1 Å². The first-order chi connectivity index (χ1) is 9.40. The molecule has 1 atom stereocenters. The smallest absolute Gasteiger partial charge is 0.206 e. The van der Waals surface area contributed by atoms with Crippen LogP contribution in [0.15, 0.2) is 27.2 Å². The third kappa shape index (κ3) is 3.71. The van der Waals surface area contributed by atoms with Crippen molar-refractivity contribution in [3.63, 3.8) is 0 Å². The Bertz CT molecular complexity index is 495. The second-order valence-corrected chi connectivity index (χ2v) is 6.50. The van der Waals surface area contributed by atoms with Gasteiger partial charge in [0.1, 0.15) is 5.76 Å². The standard InChI is InChI=1S/C12H15N3O2S2/c1-3-9(16-5-1)7-13-11-14-15-12(19-11)18-8-10-4-2-6-17-10/h1,3,5,10H,2,4,6-8H2,(H,13,14). The van der Waals surface area contributed by atoms with E-state index in [2.05, 4.69) is 15.5 Å². The molecule has 2 aromatic rings. The fourth-order valence-corrected chi connectivity index (χ4v) is 3.70. The van der Waals surface area contributed by atoms with Gasteiger partial charge in [0.15, 0.2) is 4.34 Å². The number of aromatic nitrogens is 2. The van der Waals surface area contributed by atoms with Crippen LogP contribution < -0.4 is 5.32 Å². The largest absolute Gasteiger partial charge is 0.467 e. The first-order valence-electron chi connectivity index (χ1n) is 6.24. The Morgan fingerprint density at radius 2 is 2.47 bits per heavy atom. The zero-order valence-corrected chi connectivity index (χ0v) is 12.0. The van der Waals surface area contributed by atoms with Crippen LogP contribution in [0.3, 0.4) is 0 Å². The van der Waals surface area contributed by atoms with Gasteiger partial charge in [0.05, 0.1) is 18.9 Å². The van der Waals surface area contributed by atoms with Gasteiger partial charge in [0.25, 0.3) is 0 Å². The van der Waals surface area contributed by atoms with Crippen molar-refractivity contribution in [1.29, 1.82) is 0 Å². The number of rotatable bonds is 6. The Morgan fingerprint density at radius 3 is 3.26 bits per heavy atom. The van der Waals surface area contributed by atoms with Gasteiger partial charge in [-0.25, -0.2) is 0 Å². The molecule has 0 radical (unpaired) electrons. The minimum absolute atomic E-state index is 0.383. The molecule has 19 heavy (non-hydrogen) atoms. The van der Waals surface area contributed by atoms with Crippen LogP contribution in [-0.4, -0.2) is 28.7 Å². The van der Waals surface area contributed by atoms with Gasteiger partial charge in [-0.2, -0.15) is 0 Å². The molecule has 3 heterocycles. The fourth-order valence-electron chi connectivity index (χ4n) is 1.86. The highest BCUT2D eigenvalue weighted by Gasteiger charge is 2.16.